The Morgan fingerprint density at radius 1 is 1.08 bits per heavy atom. The summed E-state index contributed by atoms with van der Waals surface area (Å²) in [6.07, 6.45) is 2.35. The van der Waals surface area contributed by atoms with E-state index in [9.17, 15) is 4.39 Å². The second-order valence-corrected chi connectivity index (χ2v) is 5.91. The molecule has 3 rings (SSSR count). The van der Waals surface area contributed by atoms with E-state index in [0.29, 0.717) is 12.5 Å². The molecule has 0 saturated heterocycles. The van der Waals surface area contributed by atoms with Crippen LogP contribution in [-0.2, 0) is 6.54 Å². The number of para-hydroxylation sites is 1. The lowest BCUT2D eigenvalue weighted by atomic mass is 10.1. The van der Waals surface area contributed by atoms with Gasteiger partial charge in [0.2, 0.25) is 5.95 Å². The van der Waals surface area contributed by atoms with Gasteiger partial charge >= 0.3 is 0 Å². The molecule has 124 valence electrons. The minimum atomic E-state index is -0.438. The second-order valence-electron chi connectivity index (χ2n) is 5.91. The van der Waals surface area contributed by atoms with Crippen LogP contribution in [-0.4, -0.2) is 26.8 Å². The van der Waals surface area contributed by atoms with Crippen molar-refractivity contribution in [1.29, 1.82) is 0 Å². The minimum absolute atomic E-state index is 0.438. The average molecular weight is 325 g/mol. The predicted molar refractivity (Wildman–Crippen MR) is 91.9 cm³/mol. The van der Waals surface area contributed by atoms with Gasteiger partial charge in [0, 0.05) is 24.8 Å². The number of hydrogen-bond acceptors (Lipinski definition) is 4. The monoisotopic (exact) mass is 325 g/mol. The number of halogens is 1. The van der Waals surface area contributed by atoms with Gasteiger partial charge in [-0.3, -0.25) is 0 Å². The van der Waals surface area contributed by atoms with Crippen LogP contribution < -0.4 is 4.90 Å². The first-order chi connectivity index (χ1) is 11.5. The third kappa shape index (κ3) is 2.99. The fraction of sp³-hybridized carbons (Fsp3) is 0.278. The maximum absolute atomic E-state index is 13.0. The fourth-order valence-electron chi connectivity index (χ4n) is 2.75. The minimum Gasteiger partial charge on any atom is -0.339 e. The van der Waals surface area contributed by atoms with Crippen LogP contribution in [0.3, 0.4) is 0 Å². The Bertz CT molecular complexity index is 854. The molecule has 0 spiro atoms. The van der Waals surface area contributed by atoms with E-state index < -0.39 is 5.82 Å². The Hall–Kier alpha value is -2.76. The van der Waals surface area contributed by atoms with Crippen LogP contribution >= 0.6 is 0 Å². The molecule has 2 heterocycles. The Morgan fingerprint density at radius 3 is 2.42 bits per heavy atom. The molecule has 0 aliphatic rings. The van der Waals surface area contributed by atoms with Gasteiger partial charge in [0.05, 0.1) is 23.8 Å². The Labute approximate surface area is 140 Å². The molecule has 0 radical (unpaired) electrons. The fourth-order valence-corrected chi connectivity index (χ4v) is 2.75. The molecule has 6 heteroatoms. The van der Waals surface area contributed by atoms with E-state index in [1.165, 1.54) is 18.0 Å². The maximum Gasteiger partial charge on any atom is 0.225 e. The number of aromatic nitrogens is 4. The van der Waals surface area contributed by atoms with Crippen LogP contribution in [0.25, 0.3) is 5.69 Å². The van der Waals surface area contributed by atoms with Crippen LogP contribution in [0.2, 0.25) is 0 Å². The number of rotatable bonds is 4. The summed E-state index contributed by atoms with van der Waals surface area (Å²) in [5.41, 5.74) is 5.41. The van der Waals surface area contributed by atoms with Gasteiger partial charge in [-0.2, -0.15) is 5.10 Å². The first-order valence-electron chi connectivity index (χ1n) is 7.77. The quantitative estimate of drug-likeness (QED) is 0.738. The summed E-state index contributed by atoms with van der Waals surface area (Å²) in [4.78, 5) is 9.94. The summed E-state index contributed by atoms with van der Waals surface area (Å²) in [6.45, 7) is 6.73. The molecule has 0 N–H and O–H groups in total. The highest BCUT2D eigenvalue weighted by molar-refractivity contribution is 5.44. The molecule has 0 atom stereocenters. The van der Waals surface area contributed by atoms with Crippen molar-refractivity contribution >= 4 is 5.95 Å². The van der Waals surface area contributed by atoms with Gasteiger partial charge in [0.25, 0.3) is 0 Å². The van der Waals surface area contributed by atoms with Crippen molar-refractivity contribution in [3.8, 4) is 5.69 Å². The zero-order chi connectivity index (χ0) is 17.3. The van der Waals surface area contributed by atoms with Gasteiger partial charge in [-0.15, -0.1) is 0 Å². The Kier molecular flexibility index (Phi) is 4.29. The Balaban J connectivity index is 1.92. The average Bonchev–Trinajstić information content (AvgIpc) is 2.84. The lowest BCUT2D eigenvalue weighted by molar-refractivity contribution is 0.612. The van der Waals surface area contributed by atoms with Crippen LogP contribution in [0.4, 0.5) is 10.3 Å². The largest absolute Gasteiger partial charge is 0.339 e. The van der Waals surface area contributed by atoms with Gasteiger partial charge in [-0.25, -0.2) is 19.0 Å². The SMILES string of the molecule is Cc1ccccc1-n1nc(C)c(CN(C)c2ncc(F)cn2)c1C. The molecule has 0 bridgehead atoms. The van der Waals surface area contributed by atoms with Gasteiger partial charge in [0.15, 0.2) is 5.82 Å². The number of nitrogens with zero attached hydrogens (tertiary/aromatic N) is 5. The molecular formula is C18H20FN5. The van der Waals surface area contributed by atoms with Crippen LogP contribution in [0.15, 0.2) is 36.7 Å². The Morgan fingerprint density at radius 2 is 1.75 bits per heavy atom. The van der Waals surface area contributed by atoms with Crippen molar-refractivity contribution in [2.24, 2.45) is 0 Å². The standard InChI is InChI=1S/C18H20FN5/c1-12-7-5-6-8-17(12)24-14(3)16(13(2)22-24)11-23(4)18-20-9-15(19)10-21-18/h5-10H,11H2,1-4H3. The summed E-state index contributed by atoms with van der Waals surface area (Å²) in [6, 6.07) is 8.16. The zero-order valence-electron chi connectivity index (χ0n) is 14.3. The first-order valence-corrected chi connectivity index (χ1v) is 7.77. The lowest BCUT2D eigenvalue weighted by Crippen LogP contribution is -2.20. The molecule has 2 aromatic heterocycles. The topological polar surface area (TPSA) is 46.8 Å². The van der Waals surface area contributed by atoms with Gasteiger partial charge in [-0.05, 0) is 32.4 Å². The molecule has 5 nitrogen and oxygen atoms in total. The van der Waals surface area contributed by atoms with Gasteiger partial charge in [-0.1, -0.05) is 18.2 Å². The first kappa shape index (κ1) is 16.1. The number of anilines is 1. The highest BCUT2D eigenvalue weighted by Gasteiger charge is 2.16. The smallest absolute Gasteiger partial charge is 0.225 e. The third-order valence-electron chi connectivity index (χ3n) is 4.13. The van der Waals surface area contributed by atoms with E-state index in [2.05, 4.69) is 35.9 Å². The molecule has 0 fully saturated rings. The van der Waals surface area contributed by atoms with Crippen LogP contribution in [0, 0.1) is 26.6 Å². The molecule has 1 aromatic carbocycles. The number of hydrogen-bond donors (Lipinski definition) is 0. The van der Waals surface area contributed by atoms with Crippen molar-refractivity contribution in [1.82, 2.24) is 19.7 Å². The van der Waals surface area contributed by atoms with E-state index >= 15 is 0 Å². The summed E-state index contributed by atoms with van der Waals surface area (Å²) >= 11 is 0. The highest BCUT2D eigenvalue weighted by atomic mass is 19.1. The van der Waals surface area contributed by atoms with E-state index in [4.69, 9.17) is 5.10 Å². The second kappa shape index (κ2) is 6.39. The number of benzene rings is 1. The summed E-state index contributed by atoms with van der Waals surface area (Å²) < 4.78 is 14.9. The maximum atomic E-state index is 13.0. The highest BCUT2D eigenvalue weighted by Crippen LogP contribution is 2.22. The van der Waals surface area contributed by atoms with E-state index in [1.807, 2.05) is 35.7 Å². The molecule has 0 saturated carbocycles. The number of aryl methyl sites for hydroxylation is 2. The normalized spacial score (nSPS) is 10.9. The van der Waals surface area contributed by atoms with Gasteiger partial charge in [0.1, 0.15) is 0 Å². The summed E-state index contributed by atoms with van der Waals surface area (Å²) in [5, 5.41) is 4.69. The van der Waals surface area contributed by atoms with E-state index in [1.54, 1.807) is 0 Å². The predicted octanol–water partition coefficient (Wildman–Crippen LogP) is 3.36. The van der Waals surface area contributed by atoms with Crippen molar-refractivity contribution in [2.45, 2.75) is 27.3 Å². The summed E-state index contributed by atoms with van der Waals surface area (Å²) in [7, 11) is 1.89. The molecule has 0 amide bonds. The third-order valence-corrected chi connectivity index (χ3v) is 4.13. The van der Waals surface area contributed by atoms with Crippen LogP contribution in [0.1, 0.15) is 22.5 Å². The van der Waals surface area contributed by atoms with Gasteiger partial charge < -0.3 is 4.90 Å². The van der Waals surface area contributed by atoms with Crippen molar-refractivity contribution in [2.75, 3.05) is 11.9 Å². The molecule has 0 aliphatic heterocycles. The molecule has 3 aromatic rings. The van der Waals surface area contributed by atoms with E-state index in [0.717, 1.165) is 22.6 Å². The van der Waals surface area contributed by atoms with Crippen LogP contribution in [0.5, 0.6) is 0 Å². The van der Waals surface area contributed by atoms with Crippen molar-refractivity contribution in [3.63, 3.8) is 0 Å². The van der Waals surface area contributed by atoms with Crippen molar-refractivity contribution in [3.05, 3.63) is 65.0 Å². The van der Waals surface area contributed by atoms with E-state index in [-0.39, 0.29) is 0 Å². The molecule has 0 unspecified atom stereocenters. The molecular weight excluding hydrogens is 305 g/mol. The zero-order valence-corrected chi connectivity index (χ0v) is 14.3. The van der Waals surface area contributed by atoms with Crippen molar-refractivity contribution < 1.29 is 4.39 Å². The molecule has 24 heavy (non-hydrogen) atoms. The molecule has 0 aliphatic carbocycles. The lowest BCUT2D eigenvalue weighted by Gasteiger charge is -2.17. The summed E-state index contributed by atoms with van der Waals surface area (Å²) in [5.74, 6) is 0.0470.